The van der Waals surface area contributed by atoms with Crippen LogP contribution in [-0.4, -0.2) is 16.4 Å². The number of nitrogens with one attached hydrogen (secondary N) is 1. The molecular formula is C24H19ClN2O3. The monoisotopic (exact) mass is 418 g/mol. The molecule has 1 heterocycles. The van der Waals surface area contributed by atoms with E-state index in [2.05, 4.69) is 5.32 Å². The second kappa shape index (κ2) is 8.84. The molecule has 1 amide bonds. The Labute approximate surface area is 178 Å². The van der Waals surface area contributed by atoms with Crippen LogP contribution in [-0.2, 0) is 4.79 Å². The van der Waals surface area contributed by atoms with Crippen molar-refractivity contribution in [2.45, 2.75) is 12.8 Å². The number of halogens is 1. The van der Waals surface area contributed by atoms with Gasteiger partial charge in [-0.1, -0.05) is 48.0 Å². The van der Waals surface area contributed by atoms with Crippen LogP contribution in [0.1, 0.15) is 17.6 Å². The van der Waals surface area contributed by atoms with Crippen LogP contribution in [0.15, 0.2) is 85.1 Å². The van der Waals surface area contributed by atoms with Gasteiger partial charge in [-0.2, -0.15) is 0 Å². The first kappa shape index (κ1) is 19.7. The Morgan fingerprint density at radius 2 is 1.67 bits per heavy atom. The normalized spacial score (nSPS) is 10.7. The van der Waals surface area contributed by atoms with E-state index in [-0.39, 0.29) is 24.7 Å². The number of aromatic nitrogens is 1. The molecule has 6 heteroatoms. The van der Waals surface area contributed by atoms with Gasteiger partial charge in [0.15, 0.2) is 5.75 Å². The molecule has 0 atom stereocenters. The summed E-state index contributed by atoms with van der Waals surface area (Å²) in [5.41, 5.74) is 1.28. The van der Waals surface area contributed by atoms with Crippen molar-refractivity contribution < 1.29 is 14.3 Å². The maximum atomic E-state index is 12.6. The van der Waals surface area contributed by atoms with E-state index in [9.17, 15) is 9.59 Å². The van der Waals surface area contributed by atoms with E-state index < -0.39 is 0 Å². The van der Waals surface area contributed by atoms with Crippen molar-refractivity contribution in [2.75, 3.05) is 5.32 Å². The lowest BCUT2D eigenvalue weighted by atomic mass is 10.2. The van der Waals surface area contributed by atoms with Crippen LogP contribution >= 0.6 is 11.6 Å². The standard InChI is InChI=1S/C24H19ClN2O3/c25-18-10-11-22(30-19-7-2-1-3-8-19)20(16-18)26-23(28)12-13-24(29)27-15-14-17-6-4-5-9-21(17)27/h1-11,14-16H,12-13H2,(H,26,28). The summed E-state index contributed by atoms with van der Waals surface area (Å²) in [7, 11) is 0. The molecule has 0 aliphatic rings. The zero-order valence-electron chi connectivity index (χ0n) is 16.0. The third-order valence-corrected chi connectivity index (χ3v) is 4.86. The van der Waals surface area contributed by atoms with Gasteiger partial charge in [-0.05, 0) is 42.5 Å². The largest absolute Gasteiger partial charge is 0.455 e. The summed E-state index contributed by atoms with van der Waals surface area (Å²) < 4.78 is 7.43. The Kier molecular flexibility index (Phi) is 5.82. The molecule has 0 bridgehead atoms. The molecule has 5 nitrogen and oxygen atoms in total. The van der Waals surface area contributed by atoms with E-state index in [1.807, 2.05) is 60.7 Å². The van der Waals surface area contributed by atoms with E-state index in [0.29, 0.717) is 22.2 Å². The molecule has 1 N–H and O–H groups in total. The zero-order chi connectivity index (χ0) is 20.9. The molecule has 1 aromatic heterocycles. The number of anilines is 1. The van der Waals surface area contributed by atoms with Crippen LogP contribution in [0.3, 0.4) is 0 Å². The number of para-hydroxylation sites is 2. The van der Waals surface area contributed by atoms with Crippen LogP contribution in [0.5, 0.6) is 11.5 Å². The quantitative estimate of drug-likeness (QED) is 0.408. The number of hydrogen-bond donors (Lipinski definition) is 1. The third-order valence-electron chi connectivity index (χ3n) is 4.62. The fourth-order valence-electron chi connectivity index (χ4n) is 3.16. The highest BCUT2D eigenvalue weighted by atomic mass is 35.5. The van der Waals surface area contributed by atoms with Gasteiger partial charge in [0.05, 0.1) is 11.2 Å². The van der Waals surface area contributed by atoms with Crippen molar-refractivity contribution in [3.63, 3.8) is 0 Å². The highest BCUT2D eigenvalue weighted by Crippen LogP contribution is 2.32. The molecule has 3 aromatic carbocycles. The van der Waals surface area contributed by atoms with Crippen molar-refractivity contribution in [1.82, 2.24) is 4.57 Å². The Bertz CT molecular complexity index is 1200. The lowest BCUT2D eigenvalue weighted by molar-refractivity contribution is -0.116. The minimum absolute atomic E-state index is 0.0443. The molecule has 4 rings (SSSR count). The molecule has 0 saturated heterocycles. The Morgan fingerprint density at radius 3 is 2.50 bits per heavy atom. The molecular weight excluding hydrogens is 400 g/mol. The van der Waals surface area contributed by atoms with Crippen molar-refractivity contribution in [2.24, 2.45) is 0 Å². The van der Waals surface area contributed by atoms with Crippen molar-refractivity contribution in [3.8, 4) is 11.5 Å². The second-order valence-corrected chi connectivity index (χ2v) is 7.18. The maximum absolute atomic E-state index is 12.6. The maximum Gasteiger partial charge on any atom is 0.231 e. The van der Waals surface area contributed by atoms with Crippen LogP contribution < -0.4 is 10.1 Å². The highest BCUT2D eigenvalue weighted by molar-refractivity contribution is 6.31. The number of fused-ring (bicyclic) bond motifs is 1. The lowest BCUT2D eigenvalue weighted by Gasteiger charge is -2.13. The molecule has 30 heavy (non-hydrogen) atoms. The molecule has 150 valence electrons. The average molecular weight is 419 g/mol. The van der Waals surface area contributed by atoms with Crippen molar-refractivity contribution in [1.29, 1.82) is 0 Å². The van der Waals surface area contributed by atoms with E-state index >= 15 is 0 Å². The third kappa shape index (κ3) is 4.53. The molecule has 0 aliphatic carbocycles. The van der Waals surface area contributed by atoms with Crippen LogP contribution in [0, 0.1) is 0 Å². The highest BCUT2D eigenvalue weighted by Gasteiger charge is 2.14. The van der Waals surface area contributed by atoms with Gasteiger partial charge in [0, 0.05) is 29.4 Å². The second-order valence-electron chi connectivity index (χ2n) is 6.74. The first-order valence-corrected chi connectivity index (χ1v) is 9.89. The van der Waals surface area contributed by atoms with Crippen molar-refractivity contribution in [3.05, 3.63) is 90.1 Å². The fourth-order valence-corrected chi connectivity index (χ4v) is 3.33. The van der Waals surface area contributed by atoms with Crippen molar-refractivity contribution >= 4 is 40.0 Å². The summed E-state index contributed by atoms with van der Waals surface area (Å²) in [6.07, 6.45) is 1.86. The smallest absolute Gasteiger partial charge is 0.231 e. The van der Waals surface area contributed by atoms with Crippen LogP contribution in [0.4, 0.5) is 5.69 Å². The number of rotatable bonds is 6. The summed E-state index contributed by atoms with van der Waals surface area (Å²) in [6, 6.07) is 23.8. The number of hydrogen-bond acceptors (Lipinski definition) is 3. The number of benzene rings is 3. The summed E-state index contributed by atoms with van der Waals surface area (Å²) in [6.45, 7) is 0. The van der Waals surface area contributed by atoms with Gasteiger partial charge in [0.25, 0.3) is 0 Å². The van der Waals surface area contributed by atoms with Crippen LogP contribution in [0.2, 0.25) is 5.02 Å². The van der Waals surface area contributed by atoms with Gasteiger partial charge in [0.1, 0.15) is 5.75 Å². The molecule has 0 saturated carbocycles. The van der Waals surface area contributed by atoms with Gasteiger partial charge in [-0.3, -0.25) is 14.2 Å². The summed E-state index contributed by atoms with van der Waals surface area (Å²) in [5, 5.41) is 4.26. The predicted molar refractivity (Wildman–Crippen MR) is 118 cm³/mol. The summed E-state index contributed by atoms with van der Waals surface area (Å²) in [4.78, 5) is 25.1. The number of carbonyl (C=O) groups excluding carboxylic acids is 2. The van der Waals surface area contributed by atoms with E-state index in [4.69, 9.17) is 16.3 Å². The Balaban J connectivity index is 1.42. The Hall–Kier alpha value is -3.57. The molecule has 0 radical (unpaired) electrons. The van der Waals surface area contributed by atoms with Gasteiger partial charge in [-0.25, -0.2) is 0 Å². The summed E-state index contributed by atoms with van der Waals surface area (Å²) in [5.74, 6) is 0.685. The molecule has 0 unspecified atom stereocenters. The first-order valence-electron chi connectivity index (χ1n) is 9.52. The number of ether oxygens (including phenoxy) is 1. The SMILES string of the molecule is O=C(CCC(=O)n1ccc2ccccc21)Nc1cc(Cl)ccc1Oc1ccccc1. The number of nitrogens with zero attached hydrogens (tertiary/aromatic N) is 1. The molecule has 0 aliphatic heterocycles. The van der Waals surface area contributed by atoms with E-state index in [1.165, 1.54) is 0 Å². The zero-order valence-corrected chi connectivity index (χ0v) is 16.8. The summed E-state index contributed by atoms with van der Waals surface area (Å²) >= 11 is 6.09. The minimum Gasteiger partial charge on any atom is -0.455 e. The van der Waals surface area contributed by atoms with E-state index in [0.717, 1.165) is 10.9 Å². The topological polar surface area (TPSA) is 60.3 Å². The van der Waals surface area contributed by atoms with Crippen LogP contribution in [0.25, 0.3) is 10.9 Å². The molecule has 0 fully saturated rings. The van der Waals surface area contributed by atoms with Gasteiger partial charge in [-0.15, -0.1) is 0 Å². The van der Waals surface area contributed by atoms with E-state index in [1.54, 1.807) is 29.0 Å². The number of amides is 1. The fraction of sp³-hybridized carbons (Fsp3) is 0.0833. The first-order chi connectivity index (χ1) is 14.6. The molecule has 0 spiro atoms. The number of carbonyl (C=O) groups is 2. The van der Waals surface area contributed by atoms with Gasteiger partial charge >= 0.3 is 0 Å². The predicted octanol–water partition coefficient (Wildman–Crippen LogP) is 6.15. The van der Waals surface area contributed by atoms with Gasteiger partial charge < -0.3 is 10.1 Å². The lowest BCUT2D eigenvalue weighted by Crippen LogP contribution is -2.16. The van der Waals surface area contributed by atoms with Gasteiger partial charge in [0.2, 0.25) is 11.8 Å². The average Bonchev–Trinajstić information content (AvgIpc) is 3.19. The molecule has 4 aromatic rings. The minimum atomic E-state index is -0.292. The Morgan fingerprint density at radius 1 is 0.900 bits per heavy atom.